The van der Waals surface area contributed by atoms with E-state index >= 15 is 0 Å². The lowest BCUT2D eigenvalue weighted by atomic mass is 10.2. The van der Waals surface area contributed by atoms with Gasteiger partial charge in [-0.15, -0.1) is 0 Å². The molecule has 0 radical (unpaired) electrons. The molecule has 1 fully saturated rings. The highest BCUT2D eigenvalue weighted by atomic mass is 35.5. The average molecular weight is 426 g/mol. The Hall–Kier alpha value is -2.84. The van der Waals surface area contributed by atoms with Crippen LogP contribution in [0.2, 0.25) is 5.02 Å². The molecule has 5 rings (SSSR count). The number of rotatable bonds is 4. The highest BCUT2D eigenvalue weighted by Crippen LogP contribution is 2.24. The molecule has 0 unspecified atom stereocenters. The van der Waals surface area contributed by atoms with Gasteiger partial charge in [-0.25, -0.2) is 14.4 Å². The number of aliphatic imine (C=N–C) groups is 1. The maximum absolute atomic E-state index is 13.3. The van der Waals surface area contributed by atoms with Crippen molar-refractivity contribution in [1.82, 2.24) is 25.2 Å². The van der Waals surface area contributed by atoms with Crippen LogP contribution < -0.4 is 10.2 Å². The van der Waals surface area contributed by atoms with Crippen LogP contribution in [0.1, 0.15) is 11.3 Å². The molecular weight excluding hydrogens is 405 g/mol. The summed E-state index contributed by atoms with van der Waals surface area (Å²) in [7, 11) is 0. The van der Waals surface area contributed by atoms with Gasteiger partial charge in [0.2, 0.25) is 0 Å². The molecule has 2 aromatic heterocycles. The molecule has 0 amide bonds. The highest BCUT2D eigenvalue weighted by Gasteiger charge is 2.25. The van der Waals surface area contributed by atoms with E-state index in [1.54, 1.807) is 18.5 Å². The van der Waals surface area contributed by atoms with Crippen LogP contribution in [0.4, 0.5) is 10.2 Å². The predicted octanol–water partition coefficient (Wildman–Crippen LogP) is 2.49. The lowest BCUT2D eigenvalue weighted by molar-refractivity contribution is 0.249. The molecule has 4 heterocycles. The third-order valence-electron chi connectivity index (χ3n) is 5.43. The van der Waals surface area contributed by atoms with Crippen molar-refractivity contribution in [1.29, 1.82) is 0 Å². The molecule has 0 atom stereocenters. The molecule has 154 valence electrons. The number of pyridine rings is 1. The molecule has 1 N–H and O–H groups in total. The Morgan fingerprint density at radius 3 is 2.70 bits per heavy atom. The monoisotopic (exact) mass is 425 g/mol. The number of aromatic nitrogens is 3. The van der Waals surface area contributed by atoms with E-state index < -0.39 is 0 Å². The number of nitrogens with one attached hydrogen (secondary N) is 1. The molecule has 1 saturated heterocycles. The molecule has 9 heteroatoms. The number of halogens is 2. The minimum atomic E-state index is -0.311. The summed E-state index contributed by atoms with van der Waals surface area (Å²) in [6.45, 7) is 5.56. The van der Waals surface area contributed by atoms with Crippen molar-refractivity contribution in [3.63, 3.8) is 0 Å². The predicted molar refractivity (Wildman–Crippen MR) is 116 cm³/mol. The van der Waals surface area contributed by atoms with Gasteiger partial charge in [-0.2, -0.15) is 0 Å². The lowest BCUT2D eigenvalue weighted by Crippen LogP contribution is -2.47. The zero-order valence-corrected chi connectivity index (χ0v) is 17.1. The van der Waals surface area contributed by atoms with Gasteiger partial charge in [0.05, 0.1) is 18.3 Å². The smallest absolute Gasteiger partial charge is 0.159 e. The molecule has 2 aliphatic heterocycles. The Morgan fingerprint density at radius 1 is 1.07 bits per heavy atom. The second-order valence-electron chi connectivity index (χ2n) is 7.42. The summed E-state index contributed by atoms with van der Waals surface area (Å²) in [5.74, 6) is 1.33. The van der Waals surface area contributed by atoms with Crippen LogP contribution in [0.15, 0.2) is 41.7 Å². The van der Waals surface area contributed by atoms with Gasteiger partial charge in [-0.1, -0.05) is 17.7 Å². The fourth-order valence-electron chi connectivity index (χ4n) is 3.84. The van der Waals surface area contributed by atoms with Crippen molar-refractivity contribution >= 4 is 34.3 Å². The van der Waals surface area contributed by atoms with Gasteiger partial charge in [0, 0.05) is 50.5 Å². The number of hydrogen-bond acceptors (Lipinski definition) is 7. The maximum atomic E-state index is 13.3. The maximum Gasteiger partial charge on any atom is 0.159 e. The Labute approximate surface area is 178 Å². The number of amidine groups is 1. The standard InChI is InChI=1S/C21H21ClFN7/c22-16-11-15(23)2-1-14(16)13-29-7-9-30(10-8-29)21-19(20-25-5-6-26-20)27-17-3-4-24-12-18(17)28-21/h1-4,11-12H,5-10,13H2,(H,25,26). The first-order chi connectivity index (χ1) is 14.7. The minimum absolute atomic E-state index is 0.311. The SMILES string of the molecule is Fc1ccc(CN2CCN(c3nc4cnccc4nc3C3=NCCN3)CC2)c(Cl)c1. The second-order valence-corrected chi connectivity index (χ2v) is 7.82. The van der Waals surface area contributed by atoms with Crippen LogP contribution in [0.3, 0.4) is 0 Å². The summed E-state index contributed by atoms with van der Waals surface area (Å²) in [6.07, 6.45) is 3.47. The molecule has 0 spiro atoms. The summed E-state index contributed by atoms with van der Waals surface area (Å²) in [6, 6.07) is 6.45. The summed E-state index contributed by atoms with van der Waals surface area (Å²) >= 11 is 6.20. The zero-order valence-electron chi connectivity index (χ0n) is 16.4. The summed E-state index contributed by atoms with van der Waals surface area (Å²) in [4.78, 5) is 23.0. The van der Waals surface area contributed by atoms with Gasteiger partial charge < -0.3 is 10.2 Å². The van der Waals surface area contributed by atoms with Crippen molar-refractivity contribution in [2.75, 3.05) is 44.2 Å². The molecule has 2 aliphatic rings. The first-order valence-electron chi connectivity index (χ1n) is 9.99. The van der Waals surface area contributed by atoms with E-state index in [1.165, 1.54) is 12.1 Å². The third-order valence-corrected chi connectivity index (χ3v) is 5.78. The van der Waals surface area contributed by atoms with Crippen molar-refractivity contribution < 1.29 is 4.39 Å². The Morgan fingerprint density at radius 2 is 1.93 bits per heavy atom. The molecule has 7 nitrogen and oxygen atoms in total. The number of anilines is 1. The normalized spacial score (nSPS) is 17.3. The molecule has 30 heavy (non-hydrogen) atoms. The van der Waals surface area contributed by atoms with Gasteiger partial charge in [-0.05, 0) is 23.8 Å². The van der Waals surface area contributed by atoms with Crippen LogP contribution in [-0.2, 0) is 6.54 Å². The number of hydrogen-bond donors (Lipinski definition) is 1. The summed E-state index contributed by atoms with van der Waals surface area (Å²) in [5.41, 5.74) is 3.31. The van der Waals surface area contributed by atoms with Crippen molar-refractivity contribution in [3.8, 4) is 0 Å². The van der Waals surface area contributed by atoms with E-state index in [-0.39, 0.29) is 5.82 Å². The zero-order chi connectivity index (χ0) is 20.5. The van der Waals surface area contributed by atoms with E-state index in [0.29, 0.717) is 11.6 Å². The van der Waals surface area contributed by atoms with Crippen molar-refractivity contribution in [2.45, 2.75) is 6.54 Å². The van der Waals surface area contributed by atoms with Gasteiger partial charge in [-0.3, -0.25) is 14.9 Å². The van der Waals surface area contributed by atoms with Crippen molar-refractivity contribution in [3.05, 3.63) is 58.8 Å². The van der Waals surface area contributed by atoms with Crippen LogP contribution in [-0.4, -0.2) is 65.0 Å². The highest BCUT2D eigenvalue weighted by molar-refractivity contribution is 6.31. The summed E-state index contributed by atoms with van der Waals surface area (Å²) < 4.78 is 13.3. The van der Waals surface area contributed by atoms with Gasteiger partial charge in [0.15, 0.2) is 11.7 Å². The first-order valence-corrected chi connectivity index (χ1v) is 10.4. The fraction of sp³-hybridized carbons (Fsp3) is 0.333. The van der Waals surface area contributed by atoms with Gasteiger partial charge in [0.25, 0.3) is 0 Å². The molecule has 1 aromatic carbocycles. The number of fused-ring (bicyclic) bond motifs is 1. The van der Waals surface area contributed by atoms with Crippen LogP contribution in [0.5, 0.6) is 0 Å². The Balaban J connectivity index is 1.37. The van der Waals surface area contributed by atoms with Gasteiger partial charge >= 0.3 is 0 Å². The summed E-state index contributed by atoms with van der Waals surface area (Å²) in [5, 5.41) is 3.79. The van der Waals surface area contributed by atoms with Crippen LogP contribution >= 0.6 is 11.6 Å². The fourth-order valence-corrected chi connectivity index (χ4v) is 4.07. The van der Waals surface area contributed by atoms with E-state index in [2.05, 4.69) is 25.1 Å². The third kappa shape index (κ3) is 3.80. The van der Waals surface area contributed by atoms with Crippen LogP contribution in [0.25, 0.3) is 11.0 Å². The number of benzene rings is 1. The van der Waals surface area contributed by atoms with Crippen molar-refractivity contribution in [2.24, 2.45) is 4.99 Å². The van der Waals surface area contributed by atoms with Gasteiger partial charge in [0.1, 0.15) is 17.0 Å². The van der Waals surface area contributed by atoms with Crippen LogP contribution in [0, 0.1) is 5.82 Å². The Bertz CT molecular complexity index is 1110. The van der Waals surface area contributed by atoms with E-state index in [1.807, 2.05) is 6.07 Å². The quantitative estimate of drug-likeness (QED) is 0.692. The second kappa shape index (κ2) is 8.12. The molecule has 0 saturated carbocycles. The topological polar surface area (TPSA) is 69.5 Å². The molecule has 0 bridgehead atoms. The minimum Gasteiger partial charge on any atom is -0.367 e. The average Bonchev–Trinajstić information content (AvgIpc) is 3.30. The number of nitrogens with zero attached hydrogens (tertiary/aromatic N) is 6. The van der Waals surface area contributed by atoms with E-state index in [0.717, 1.165) is 73.2 Å². The molecule has 0 aliphatic carbocycles. The lowest BCUT2D eigenvalue weighted by Gasteiger charge is -2.36. The number of piperazine rings is 1. The Kier molecular flexibility index (Phi) is 5.18. The van der Waals surface area contributed by atoms with E-state index in [9.17, 15) is 4.39 Å². The largest absolute Gasteiger partial charge is 0.367 e. The van der Waals surface area contributed by atoms with E-state index in [4.69, 9.17) is 21.6 Å². The first kappa shape index (κ1) is 19.1. The molecule has 3 aromatic rings. The molecular formula is C21H21ClFN7.